The molecule has 0 heterocycles. The molecule has 0 aromatic rings. The minimum absolute atomic E-state index is 0. The van der Waals surface area contributed by atoms with Crippen molar-refractivity contribution in [3.63, 3.8) is 0 Å². The van der Waals surface area contributed by atoms with Crippen LogP contribution in [0.15, 0.2) is 0 Å². The van der Waals surface area contributed by atoms with E-state index in [0.717, 1.165) is 0 Å². The van der Waals surface area contributed by atoms with Gasteiger partial charge in [-0.2, -0.15) is 0 Å². The van der Waals surface area contributed by atoms with E-state index in [-0.39, 0.29) is 60.3 Å². The summed E-state index contributed by atoms with van der Waals surface area (Å²) < 4.78 is 0. The summed E-state index contributed by atoms with van der Waals surface area (Å²) in [4.78, 5) is 0. The van der Waals surface area contributed by atoms with Crippen LogP contribution in [0.4, 0.5) is 0 Å². The van der Waals surface area contributed by atoms with Gasteiger partial charge in [-0.05, 0) is 0 Å². The zero-order chi connectivity index (χ0) is 3.58. The van der Waals surface area contributed by atoms with Gasteiger partial charge in [-0.1, -0.05) is 0 Å². The Morgan fingerprint density at radius 1 is 0.750 bits per heavy atom. The Morgan fingerprint density at radius 2 is 0.750 bits per heavy atom. The first kappa shape index (κ1) is 33.6. The van der Waals surface area contributed by atoms with Gasteiger partial charge < -0.3 is 15.1 Å². The highest BCUT2D eigenvalue weighted by molar-refractivity contribution is 6.30. The molecule has 8 heteroatoms. The first-order valence-electron chi connectivity index (χ1n) is 0.775. The Labute approximate surface area is 82.4 Å². The molecule has 8 heavy (non-hydrogen) atoms. The molecule has 0 saturated heterocycles. The highest BCUT2D eigenvalue weighted by Crippen LogP contribution is 1.40. The van der Waals surface area contributed by atoms with Crippen LogP contribution in [-0.2, 0) is 0 Å². The number of hydrogen-bond acceptors (Lipinski definition) is 3. The summed E-state index contributed by atoms with van der Waals surface area (Å²) in [7, 11) is -2.17. The molecule has 0 aromatic carbocycles. The Morgan fingerprint density at radius 3 is 0.750 bits per heavy atom. The standard InChI is InChI=1S/BH3O3.3ClH.Mg.2H/c2-1(3)4;;;;;;/h2-4H;3*1H;;;. The van der Waals surface area contributed by atoms with Crippen LogP contribution in [-0.4, -0.2) is 45.4 Å². The molecule has 0 spiro atoms. The number of halogens is 3. The van der Waals surface area contributed by atoms with E-state index >= 15 is 0 Å². The monoisotopic (exact) mass is 196 g/mol. The summed E-state index contributed by atoms with van der Waals surface area (Å²) in [6.45, 7) is 0. The van der Waals surface area contributed by atoms with E-state index < -0.39 is 7.32 Å². The van der Waals surface area contributed by atoms with Crippen molar-refractivity contribution in [2.75, 3.05) is 0 Å². The zero-order valence-corrected chi connectivity index (χ0v) is 5.59. The molecule has 0 radical (unpaired) electrons. The summed E-state index contributed by atoms with van der Waals surface area (Å²) in [5.41, 5.74) is 0. The lowest BCUT2D eigenvalue weighted by atomic mass is 10.3. The minimum Gasteiger partial charge on any atom is -0.402 e. The lowest BCUT2D eigenvalue weighted by molar-refractivity contribution is 0.278. The predicted molar refractivity (Wildman–Crippen MR) is 42.7 cm³/mol. The number of hydrogen-bond donors (Lipinski definition) is 3. The van der Waals surface area contributed by atoms with Gasteiger partial charge >= 0.3 is 30.4 Å². The molecule has 0 aliphatic rings. The van der Waals surface area contributed by atoms with E-state index in [1.807, 2.05) is 0 Å². The fraction of sp³-hybridized carbons (Fsp3) is 0. The third-order valence-electron chi connectivity index (χ3n) is 0. The molecule has 0 rings (SSSR count). The summed E-state index contributed by atoms with van der Waals surface area (Å²) in [5.74, 6) is 0. The van der Waals surface area contributed by atoms with Crippen molar-refractivity contribution in [2.45, 2.75) is 0 Å². The average molecular weight is 198 g/mol. The van der Waals surface area contributed by atoms with Crippen molar-refractivity contribution in [1.29, 1.82) is 0 Å². The van der Waals surface area contributed by atoms with Gasteiger partial charge in [0.1, 0.15) is 0 Å². The average Bonchev–Trinajstić information content (AvgIpc) is 0.811. The molecule has 0 amide bonds. The fourth-order valence-corrected chi connectivity index (χ4v) is 0. The van der Waals surface area contributed by atoms with Crippen LogP contribution in [0.3, 0.4) is 0 Å². The first-order chi connectivity index (χ1) is 1.73. The normalized spacial score (nSPS) is 3.38. The van der Waals surface area contributed by atoms with Crippen LogP contribution >= 0.6 is 37.2 Å². The van der Waals surface area contributed by atoms with E-state index in [9.17, 15) is 0 Å². The highest BCUT2D eigenvalue weighted by atomic mass is 35.5. The van der Waals surface area contributed by atoms with Gasteiger partial charge in [-0.25, -0.2) is 0 Å². The first-order valence-corrected chi connectivity index (χ1v) is 0.775. The molecular formula is H8BCl3MgO3. The lowest BCUT2D eigenvalue weighted by Gasteiger charge is -1.69. The Bertz CT molecular complexity index is 19.2. The van der Waals surface area contributed by atoms with Crippen LogP contribution in [0.5, 0.6) is 0 Å². The molecular weight excluding hydrogens is 189 g/mol. The van der Waals surface area contributed by atoms with E-state index in [0.29, 0.717) is 0 Å². The van der Waals surface area contributed by atoms with Crippen LogP contribution in [0.2, 0.25) is 0 Å². The molecule has 0 aliphatic heterocycles. The summed E-state index contributed by atoms with van der Waals surface area (Å²) in [5, 5.41) is 21.5. The van der Waals surface area contributed by atoms with Gasteiger partial charge in [0.05, 0.1) is 0 Å². The van der Waals surface area contributed by atoms with Crippen LogP contribution in [0.1, 0.15) is 0 Å². The molecule has 0 fully saturated rings. The second kappa shape index (κ2) is 23.5. The molecule has 0 atom stereocenters. The SMILES string of the molecule is Cl.Cl.Cl.OB(O)O.[MgH2]. The maximum absolute atomic E-state index is 7.17. The fourth-order valence-electron chi connectivity index (χ4n) is 0. The minimum atomic E-state index is -2.17. The third-order valence-corrected chi connectivity index (χ3v) is 0. The molecule has 0 saturated carbocycles. The van der Waals surface area contributed by atoms with Crippen molar-refractivity contribution < 1.29 is 15.1 Å². The van der Waals surface area contributed by atoms with Crippen molar-refractivity contribution in [3.8, 4) is 0 Å². The molecule has 3 nitrogen and oxygen atoms in total. The Balaban J connectivity index is -0.00000000750. The molecule has 3 N–H and O–H groups in total. The van der Waals surface area contributed by atoms with Crippen LogP contribution in [0, 0.1) is 0 Å². The van der Waals surface area contributed by atoms with Crippen molar-refractivity contribution in [3.05, 3.63) is 0 Å². The van der Waals surface area contributed by atoms with E-state index in [1.165, 1.54) is 0 Å². The van der Waals surface area contributed by atoms with Crippen LogP contribution in [0.25, 0.3) is 0 Å². The second-order valence-corrected chi connectivity index (χ2v) is 0.346. The largest absolute Gasteiger partial charge is 0.631 e. The van der Waals surface area contributed by atoms with Gasteiger partial charge in [-0.3, -0.25) is 0 Å². The van der Waals surface area contributed by atoms with Crippen molar-refractivity contribution >= 4 is 67.6 Å². The molecule has 0 aliphatic carbocycles. The lowest BCUT2D eigenvalue weighted by Crippen LogP contribution is -2.07. The van der Waals surface area contributed by atoms with E-state index in [4.69, 9.17) is 15.1 Å². The smallest absolute Gasteiger partial charge is 0.402 e. The van der Waals surface area contributed by atoms with E-state index in [2.05, 4.69) is 0 Å². The maximum atomic E-state index is 7.17. The third kappa shape index (κ3) is 131. The van der Waals surface area contributed by atoms with Gasteiger partial charge in [0.2, 0.25) is 0 Å². The van der Waals surface area contributed by atoms with Crippen LogP contribution < -0.4 is 0 Å². The molecule has 0 bridgehead atoms. The molecule has 52 valence electrons. The van der Waals surface area contributed by atoms with Crippen molar-refractivity contribution in [1.82, 2.24) is 0 Å². The topological polar surface area (TPSA) is 60.7 Å². The summed E-state index contributed by atoms with van der Waals surface area (Å²) >= 11 is 0. The van der Waals surface area contributed by atoms with Crippen molar-refractivity contribution in [2.24, 2.45) is 0 Å². The summed E-state index contributed by atoms with van der Waals surface area (Å²) in [6, 6.07) is 0. The Hall–Kier alpha value is 1.58. The Kier molecular flexibility index (Phi) is 98.7. The van der Waals surface area contributed by atoms with E-state index in [1.54, 1.807) is 0 Å². The molecule has 0 aromatic heterocycles. The van der Waals surface area contributed by atoms with Gasteiger partial charge in [-0.15, -0.1) is 37.2 Å². The van der Waals surface area contributed by atoms with Gasteiger partial charge in [0.25, 0.3) is 0 Å². The maximum Gasteiger partial charge on any atom is 0.631 e. The van der Waals surface area contributed by atoms with Gasteiger partial charge in [0.15, 0.2) is 0 Å². The molecule has 0 unspecified atom stereocenters. The number of rotatable bonds is 0. The quantitative estimate of drug-likeness (QED) is 0.406. The van der Waals surface area contributed by atoms with Gasteiger partial charge in [0, 0.05) is 0 Å². The second-order valence-electron chi connectivity index (χ2n) is 0.346. The summed E-state index contributed by atoms with van der Waals surface area (Å²) in [6.07, 6.45) is 0. The zero-order valence-electron chi connectivity index (χ0n) is 3.14. The predicted octanol–water partition coefficient (Wildman–Crippen LogP) is -1.70. The highest BCUT2D eigenvalue weighted by Gasteiger charge is 1.92.